The van der Waals surface area contributed by atoms with Crippen LogP contribution in [0, 0.1) is 17.5 Å². The van der Waals surface area contributed by atoms with Crippen molar-refractivity contribution in [2.24, 2.45) is 0 Å². The SMILES string of the molecule is C.Nc1cc(F)c(F)c(F)c1. The highest BCUT2D eigenvalue weighted by Crippen LogP contribution is 2.13. The molecule has 1 nitrogen and oxygen atoms in total. The molecule has 0 saturated carbocycles. The number of nitrogen functional groups attached to an aromatic ring is 1. The first-order valence-electron chi connectivity index (χ1n) is 2.51. The maximum atomic E-state index is 12.1. The molecular formula is C7H8F3N. The number of benzene rings is 1. The van der Waals surface area contributed by atoms with Gasteiger partial charge in [0.25, 0.3) is 0 Å². The van der Waals surface area contributed by atoms with Crippen molar-refractivity contribution in [2.45, 2.75) is 7.43 Å². The van der Waals surface area contributed by atoms with Gasteiger partial charge in [0.05, 0.1) is 0 Å². The van der Waals surface area contributed by atoms with Crippen molar-refractivity contribution >= 4 is 5.69 Å². The molecule has 0 bridgehead atoms. The quantitative estimate of drug-likeness (QED) is 0.461. The summed E-state index contributed by atoms with van der Waals surface area (Å²) in [5.74, 6) is -4.02. The van der Waals surface area contributed by atoms with Gasteiger partial charge in [-0.25, -0.2) is 13.2 Å². The molecule has 0 aliphatic carbocycles. The van der Waals surface area contributed by atoms with Gasteiger partial charge in [-0.05, 0) is 0 Å². The molecule has 62 valence electrons. The van der Waals surface area contributed by atoms with Crippen LogP contribution in [0.25, 0.3) is 0 Å². The molecule has 1 aromatic rings. The van der Waals surface area contributed by atoms with Crippen LogP contribution in [-0.4, -0.2) is 0 Å². The Labute approximate surface area is 62.6 Å². The minimum atomic E-state index is -1.49. The van der Waals surface area contributed by atoms with Crippen LogP contribution in [0.5, 0.6) is 0 Å². The lowest BCUT2D eigenvalue weighted by Gasteiger charge is -1.95. The van der Waals surface area contributed by atoms with Gasteiger partial charge >= 0.3 is 0 Å². The third-order valence-corrected chi connectivity index (χ3v) is 1.01. The second-order valence-electron chi connectivity index (χ2n) is 1.80. The van der Waals surface area contributed by atoms with Gasteiger partial charge in [-0.1, -0.05) is 7.43 Å². The minimum Gasteiger partial charge on any atom is -0.399 e. The van der Waals surface area contributed by atoms with E-state index in [-0.39, 0.29) is 13.1 Å². The normalized spacial score (nSPS) is 9.00. The molecule has 0 heterocycles. The summed E-state index contributed by atoms with van der Waals surface area (Å²) in [5.41, 5.74) is 4.85. The maximum Gasteiger partial charge on any atom is 0.194 e. The summed E-state index contributed by atoms with van der Waals surface area (Å²) >= 11 is 0. The summed E-state index contributed by atoms with van der Waals surface area (Å²) in [5, 5.41) is 0. The van der Waals surface area contributed by atoms with Crippen LogP contribution in [0.3, 0.4) is 0 Å². The second-order valence-corrected chi connectivity index (χ2v) is 1.80. The standard InChI is InChI=1S/C6H4F3N.CH4/c7-4-1-3(10)2-5(8)6(4)9;/h1-2H,10H2;1H4. The van der Waals surface area contributed by atoms with Gasteiger partial charge in [0.15, 0.2) is 17.5 Å². The minimum absolute atomic E-state index is 0. The van der Waals surface area contributed by atoms with Gasteiger partial charge < -0.3 is 5.73 Å². The molecule has 0 spiro atoms. The first kappa shape index (κ1) is 9.81. The predicted molar refractivity (Wildman–Crippen MR) is 37.5 cm³/mol. The molecule has 0 amide bonds. The molecule has 2 N–H and O–H groups in total. The summed E-state index contributed by atoms with van der Waals surface area (Å²) in [4.78, 5) is 0. The van der Waals surface area contributed by atoms with Crippen LogP contribution in [0.15, 0.2) is 12.1 Å². The third kappa shape index (κ3) is 1.86. The third-order valence-electron chi connectivity index (χ3n) is 1.01. The molecule has 0 saturated heterocycles. The predicted octanol–water partition coefficient (Wildman–Crippen LogP) is 2.32. The number of nitrogens with two attached hydrogens (primary N) is 1. The first-order valence-corrected chi connectivity index (χ1v) is 2.51. The highest BCUT2D eigenvalue weighted by molar-refractivity contribution is 5.38. The Bertz CT molecular complexity index is 237. The van der Waals surface area contributed by atoms with Crippen LogP contribution in [0.4, 0.5) is 18.9 Å². The van der Waals surface area contributed by atoms with Crippen molar-refractivity contribution in [3.63, 3.8) is 0 Å². The van der Waals surface area contributed by atoms with E-state index in [0.717, 1.165) is 12.1 Å². The van der Waals surface area contributed by atoms with Crippen molar-refractivity contribution in [1.82, 2.24) is 0 Å². The zero-order valence-corrected chi connectivity index (χ0v) is 4.87. The highest BCUT2D eigenvalue weighted by atomic mass is 19.2. The maximum absolute atomic E-state index is 12.1. The topological polar surface area (TPSA) is 26.0 Å². The molecule has 1 aromatic carbocycles. The van der Waals surface area contributed by atoms with Crippen molar-refractivity contribution < 1.29 is 13.2 Å². The average molecular weight is 163 g/mol. The van der Waals surface area contributed by atoms with E-state index in [9.17, 15) is 13.2 Å². The summed E-state index contributed by atoms with van der Waals surface area (Å²) in [6.45, 7) is 0. The van der Waals surface area contributed by atoms with Crippen molar-refractivity contribution in [3.8, 4) is 0 Å². The van der Waals surface area contributed by atoms with E-state index in [1.54, 1.807) is 0 Å². The van der Waals surface area contributed by atoms with Crippen LogP contribution < -0.4 is 5.73 Å². The van der Waals surface area contributed by atoms with E-state index >= 15 is 0 Å². The monoisotopic (exact) mass is 163 g/mol. The Morgan fingerprint density at radius 3 is 1.73 bits per heavy atom. The highest BCUT2D eigenvalue weighted by Gasteiger charge is 2.07. The Morgan fingerprint density at radius 2 is 1.36 bits per heavy atom. The number of hydrogen-bond donors (Lipinski definition) is 1. The van der Waals surface area contributed by atoms with Gasteiger partial charge in [-0.2, -0.15) is 0 Å². The Morgan fingerprint density at radius 1 is 1.00 bits per heavy atom. The van der Waals surface area contributed by atoms with Crippen molar-refractivity contribution in [2.75, 3.05) is 5.73 Å². The fourth-order valence-corrected chi connectivity index (χ4v) is 0.575. The molecule has 0 aliphatic rings. The van der Waals surface area contributed by atoms with E-state index in [0.29, 0.717) is 0 Å². The van der Waals surface area contributed by atoms with Crippen LogP contribution >= 0.6 is 0 Å². The molecule has 1 rings (SSSR count). The average Bonchev–Trinajstić information content (AvgIpc) is 1.82. The molecule has 4 heteroatoms. The number of halogens is 3. The fraction of sp³-hybridized carbons (Fsp3) is 0.143. The lowest BCUT2D eigenvalue weighted by atomic mass is 10.3. The molecule has 0 fully saturated rings. The number of anilines is 1. The molecular weight excluding hydrogens is 155 g/mol. The first-order chi connectivity index (χ1) is 4.61. The van der Waals surface area contributed by atoms with E-state index < -0.39 is 17.5 Å². The number of rotatable bonds is 0. The summed E-state index contributed by atoms with van der Waals surface area (Å²) < 4.78 is 36.4. The van der Waals surface area contributed by atoms with Crippen molar-refractivity contribution in [3.05, 3.63) is 29.6 Å². The zero-order chi connectivity index (χ0) is 7.72. The fourth-order valence-electron chi connectivity index (χ4n) is 0.575. The smallest absolute Gasteiger partial charge is 0.194 e. The number of hydrogen-bond acceptors (Lipinski definition) is 1. The van der Waals surface area contributed by atoms with Gasteiger partial charge in [0.2, 0.25) is 0 Å². The summed E-state index contributed by atoms with van der Waals surface area (Å²) in [6, 6.07) is 1.44. The second kappa shape index (κ2) is 3.27. The van der Waals surface area contributed by atoms with Gasteiger partial charge in [-0.15, -0.1) is 0 Å². The van der Waals surface area contributed by atoms with Crippen LogP contribution in [-0.2, 0) is 0 Å². The summed E-state index contributed by atoms with van der Waals surface area (Å²) in [6.07, 6.45) is 0. The molecule has 0 radical (unpaired) electrons. The van der Waals surface area contributed by atoms with E-state index in [4.69, 9.17) is 5.73 Å². The Balaban J connectivity index is 0.000001000. The van der Waals surface area contributed by atoms with Gasteiger partial charge in [0.1, 0.15) is 0 Å². The lowest BCUT2D eigenvalue weighted by molar-refractivity contribution is 0.448. The van der Waals surface area contributed by atoms with E-state index in [1.165, 1.54) is 0 Å². The zero-order valence-electron chi connectivity index (χ0n) is 4.87. The van der Waals surface area contributed by atoms with Crippen molar-refractivity contribution in [1.29, 1.82) is 0 Å². The van der Waals surface area contributed by atoms with Gasteiger partial charge in [-0.3, -0.25) is 0 Å². The lowest BCUT2D eigenvalue weighted by Crippen LogP contribution is -1.93. The van der Waals surface area contributed by atoms with Gasteiger partial charge in [0, 0.05) is 17.8 Å². The molecule has 0 aliphatic heterocycles. The van der Waals surface area contributed by atoms with E-state index in [1.807, 2.05) is 0 Å². The van der Waals surface area contributed by atoms with E-state index in [2.05, 4.69) is 0 Å². The largest absolute Gasteiger partial charge is 0.399 e. The molecule has 0 unspecified atom stereocenters. The Hall–Kier alpha value is -1.19. The summed E-state index contributed by atoms with van der Waals surface area (Å²) in [7, 11) is 0. The van der Waals surface area contributed by atoms with Crippen LogP contribution in [0.1, 0.15) is 7.43 Å². The molecule has 0 aromatic heterocycles. The molecule has 11 heavy (non-hydrogen) atoms. The Kier molecular flexibility index (Phi) is 2.92. The molecule has 0 atom stereocenters. The van der Waals surface area contributed by atoms with Crippen LogP contribution in [0.2, 0.25) is 0 Å².